The Labute approximate surface area is 172 Å². The topological polar surface area (TPSA) is 71.8 Å². The number of likely N-dealkylation sites (tertiary alicyclic amines) is 1. The van der Waals surface area contributed by atoms with E-state index in [9.17, 15) is 14.4 Å². The Morgan fingerprint density at radius 1 is 1.14 bits per heavy atom. The molecule has 0 atom stereocenters. The van der Waals surface area contributed by atoms with E-state index >= 15 is 0 Å². The molecule has 1 aromatic carbocycles. The van der Waals surface area contributed by atoms with Crippen LogP contribution in [0, 0.1) is 0 Å². The van der Waals surface area contributed by atoms with Crippen LogP contribution in [0.2, 0.25) is 0 Å². The molecule has 1 aromatic heterocycles. The molecule has 0 radical (unpaired) electrons. The van der Waals surface area contributed by atoms with Crippen LogP contribution in [0.15, 0.2) is 47.5 Å². The summed E-state index contributed by atoms with van der Waals surface area (Å²) in [6.07, 6.45) is 5.51. The molecule has 3 heterocycles. The molecule has 0 N–H and O–H groups in total. The molecular formula is C21H21N3O4S. The predicted octanol–water partition coefficient (Wildman–Crippen LogP) is 3.14. The number of nitrogens with zero attached hydrogens (tertiary/aromatic N) is 3. The Hall–Kier alpha value is -3.00. The summed E-state index contributed by atoms with van der Waals surface area (Å²) in [6, 6.07) is 11.3. The number of methoxy groups -OCH3 is 1. The van der Waals surface area contributed by atoms with Crippen molar-refractivity contribution in [2.45, 2.75) is 12.8 Å². The average Bonchev–Trinajstić information content (AvgIpc) is 3.47. The van der Waals surface area contributed by atoms with Crippen molar-refractivity contribution in [3.05, 3.63) is 53.2 Å². The lowest BCUT2D eigenvalue weighted by Gasteiger charge is -2.18. The van der Waals surface area contributed by atoms with Crippen molar-refractivity contribution in [1.29, 1.82) is 0 Å². The van der Waals surface area contributed by atoms with Crippen molar-refractivity contribution in [2.75, 3.05) is 26.7 Å². The summed E-state index contributed by atoms with van der Waals surface area (Å²) >= 11 is 0.869. The van der Waals surface area contributed by atoms with Gasteiger partial charge in [0, 0.05) is 30.7 Å². The highest BCUT2D eigenvalue weighted by molar-refractivity contribution is 8.18. The quantitative estimate of drug-likeness (QED) is 0.707. The van der Waals surface area contributed by atoms with Gasteiger partial charge in [-0.25, -0.2) is 0 Å². The zero-order valence-corrected chi connectivity index (χ0v) is 16.9. The molecule has 0 aliphatic carbocycles. The van der Waals surface area contributed by atoms with Gasteiger partial charge >= 0.3 is 0 Å². The van der Waals surface area contributed by atoms with Gasteiger partial charge in [0.05, 0.1) is 12.0 Å². The Morgan fingerprint density at radius 2 is 1.86 bits per heavy atom. The molecule has 7 nitrogen and oxygen atoms in total. The van der Waals surface area contributed by atoms with Gasteiger partial charge in [0.2, 0.25) is 5.91 Å². The summed E-state index contributed by atoms with van der Waals surface area (Å²) in [4.78, 5) is 40.5. The highest BCUT2D eigenvalue weighted by atomic mass is 32.2. The molecule has 0 unspecified atom stereocenters. The van der Waals surface area contributed by atoms with Crippen LogP contribution in [-0.4, -0.2) is 58.2 Å². The van der Waals surface area contributed by atoms with Crippen LogP contribution >= 0.6 is 11.8 Å². The number of aromatic nitrogens is 1. The van der Waals surface area contributed by atoms with Gasteiger partial charge in [-0.15, -0.1) is 0 Å². The first kappa shape index (κ1) is 19.3. The smallest absolute Gasteiger partial charge is 0.294 e. The van der Waals surface area contributed by atoms with Crippen LogP contribution < -0.4 is 4.74 Å². The summed E-state index contributed by atoms with van der Waals surface area (Å²) in [6.45, 7) is 1.20. The fourth-order valence-corrected chi connectivity index (χ4v) is 4.29. The monoisotopic (exact) mass is 411 g/mol. The first-order valence-corrected chi connectivity index (χ1v) is 10.2. The maximum absolute atomic E-state index is 12.7. The molecule has 4 rings (SSSR count). The highest BCUT2D eigenvalue weighted by Gasteiger charge is 2.37. The van der Waals surface area contributed by atoms with Gasteiger partial charge in [0.25, 0.3) is 11.1 Å². The SMILES string of the molecule is COc1ccc(-n2cccc2/C=C2/SC(=O)N(CC(=O)N3CCCC3)C2=O)cc1. The molecule has 0 spiro atoms. The standard InChI is InChI=1S/C21H21N3O4S/c1-28-17-8-6-15(7-9-17)23-12-4-5-16(23)13-18-20(26)24(21(27)29-18)14-19(25)22-10-2-3-11-22/h4-9,12-13H,2-3,10-11,14H2,1H3/b18-13+. The van der Waals surface area contributed by atoms with E-state index in [1.807, 2.05) is 47.2 Å². The first-order valence-electron chi connectivity index (χ1n) is 9.42. The number of hydrogen-bond acceptors (Lipinski definition) is 5. The van der Waals surface area contributed by atoms with Crippen molar-refractivity contribution in [3.63, 3.8) is 0 Å². The minimum absolute atomic E-state index is 0.173. The summed E-state index contributed by atoms with van der Waals surface area (Å²) < 4.78 is 7.11. The molecule has 0 bridgehead atoms. The maximum Gasteiger partial charge on any atom is 0.294 e. The second kappa shape index (κ2) is 8.16. The van der Waals surface area contributed by atoms with Crippen molar-refractivity contribution >= 4 is 34.9 Å². The summed E-state index contributed by atoms with van der Waals surface area (Å²) in [5, 5.41) is -0.406. The Kier molecular flexibility index (Phi) is 5.44. The van der Waals surface area contributed by atoms with E-state index in [0.717, 1.165) is 46.6 Å². The Morgan fingerprint density at radius 3 is 2.55 bits per heavy atom. The average molecular weight is 411 g/mol. The number of carbonyl (C=O) groups excluding carboxylic acids is 3. The van der Waals surface area contributed by atoms with Gasteiger partial charge in [-0.05, 0) is 67.1 Å². The zero-order chi connectivity index (χ0) is 20.4. The van der Waals surface area contributed by atoms with E-state index in [0.29, 0.717) is 18.0 Å². The fourth-order valence-electron chi connectivity index (χ4n) is 3.46. The molecular weight excluding hydrogens is 390 g/mol. The number of imide groups is 1. The number of hydrogen-bond donors (Lipinski definition) is 0. The van der Waals surface area contributed by atoms with Gasteiger partial charge in [0.15, 0.2) is 0 Å². The van der Waals surface area contributed by atoms with Gasteiger partial charge in [-0.3, -0.25) is 19.3 Å². The Balaban J connectivity index is 1.53. The van der Waals surface area contributed by atoms with E-state index in [-0.39, 0.29) is 12.5 Å². The van der Waals surface area contributed by atoms with E-state index in [4.69, 9.17) is 4.74 Å². The molecule has 150 valence electrons. The molecule has 29 heavy (non-hydrogen) atoms. The van der Waals surface area contributed by atoms with Crippen LogP contribution in [0.1, 0.15) is 18.5 Å². The third kappa shape index (κ3) is 3.93. The summed E-state index contributed by atoms with van der Waals surface area (Å²) in [5.41, 5.74) is 1.68. The van der Waals surface area contributed by atoms with Gasteiger partial charge in [-0.1, -0.05) is 0 Å². The van der Waals surface area contributed by atoms with Crippen LogP contribution in [-0.2, 0) is 9.59 Å². The van der Waals surface area contributed by atoms with E-state index in [1.165, 1.54) is 0 Å². The van der Waals surface area contributed by atoms with E-state index in [2.05, 4.69) is 0 Å². The van der Waals surface area contributed by atoms with Crippen LogP contribution in [0.4, 0.5) is 4.79 Å². The van der Waals surface area contributed by atoms with Crippen molar-refractivity contribution < 1.29 is 19.1 Å². The second-order valence-electron chi connectivity index (χ2n) is 6.86. The molecule has 2 aliphatic heterocycles. The van der Waals surface area contributed by atoms with E-state index in [1.54, 1.807) is 18.1 Å². The van der Waals surface area contributed by atoms with Crippen molar-refractivity contribution in [1.82, 2.24) is 14.4 Å². The van der Waals surface area contributed by atoms with Crippen LogP contribution in [0.25, 0.3) is 11.8 Å². The van der Waals surface area contributed by atoms with Crippen LogP contribution in [0.3, 0.4) is 0 Å². The number of ether oxygens (including phenoxy) is 1. The molecule has 2 aromatic rings. The van der Waals surface area contributed by atoms with Crippen molar-refractivity contribution in [2.24, 2.45) is 0 Å². The van der Waals surface area contributed by atoms with Gasteiger partial charge in [0.1, 0.15) is 12.3 Å². The fraction of sp³-hybridized carbons (Fsp3) is 0.286. The number of amides is 3. The molecule has 2 fully saturated rings. The van der Waals surface area contributed by atoms with Gasteiger partial charge < -0.3 is 14.2 Å². The lowest BCUT2D eigenvalue weighted by atomic mass is 10.3. The van der Waals surface area contributed by atoms with Crippen molar-refractivity contribution in [3.8, 4) is 11.4 Å². The molecule has 3 amide bonds. The lowest BCUT2D eigenvalue weighted by molar-refractivity contribution is -0.135. The number of benzene rings is 1. The van der Waals surface area contributed by atoms with E-state index < -0.39 is 11.1 Å². The first-order chi connectivity index (χ1) is 14.1. The maximum atomic E-state index is 12.7. The molecule has 2 saturated heterocycles. The second-order valence-corrected chi connectivity index (χ2v) is 7.85. The lowest BCUT2D eigenvalue weighted by Crippen LogP contribution is -2.40. The normalized spacial score (nSPS) is 18.2. The molecule has 2 aliphatic rings. The van der Waals surface area contributed by atoms with Crippen LogP contribution in [0.5, 0.6) is 5.75 Å². The van der Waals surface area contributed by atoms with Gasteiger partial charge in [-0.2, -0.15) is 0 Å². The summed E-state index contributed by atoms with van der Waals surface area (Å²) in [7, 11) is 1.61. The minimum Gasteiger partial charge on any atom is -0.497 e. The summed E-state index contributed by atoms with van der Waals surface area (Å²) in [5.74, 6) is 0.161. The Bertz CT molecular complexity index is 974. The molecule has 0 saturated carbocycles. The highest BCUT2D eigenvalue weighted by Crippen LogP contribution is 2.33. The molecule has 8 heteroatoms. The number of thioether (sulfide) groups is 1. The number of carbonyl (C=O) groups is 3. The number of rotatable bonds is 5. The largest absolute Gasteiger partial charge is 0.497 e. The zero-order valence-electron chi connectivity index (χ0n) is 16.0. The minimum atomic E-state index is -0.421. The third-order valence-electron chi connectivity index (χ3n) is 5.04. The predicted molar refractivity (Wildman–Crippen MR) is 111 cm³/mol. The third-order valence-corrected chi connectivity index (χ3v) is 5.94.